The van der Waals surface area contributed by atoms with Crippen LogP contribution >= 0.6 is 11.6 Å². The summed E-state index contributed by atoms with van der Waals surface area (Å²) in [5.74, 6) is -0.595. The van der Waals surface area contributed by atoms with Crippen molar-refractivity contribution in [3.63, 3.8) is 0 Å². The third kappa shape index (κ3) is 2.57. The van der Waals surface area contributed by atoms with Crippen LogP contribution < -0.4 is 0 Å². The molecule has 1 aliphatic carbocycles. The van der Waals surface area contributed by atoms with E-state index in [1.54, 1.807) is 0 Å². The topological polar surface area (TPSA) is 0 Å². The predicted octanol–water partition coefficient (Wildman–Crippen LogP) is 5.02. The van der Waals surface area contributed by atoms with Gasteiger partial charge in [-0.1, -0.05) is 30.3 Å². The molecule has 2 aromatic rings. The second kappa shape index (κ2) is 5.76. The molecule has 0 N–H and O–H groups in total. The molecule has 1 unspecified atom stereocenters. The second-order valence-electron chi connectivity index (χ2n) is 5.80. The fourth-order valence-electron chi connectivity index (χ4n) is 3.42. The molecule has 1 aliphatic rings. The highest BCUT2D eigenvalue weighted by atomic mass is 35.5. The molecule has 0 saturated heterocycles. The number of benzene rings is 2. The quantitative estimate of drug-likeness (QED) is 0.698. The summed E-state index contributed by atoms with van der Waals surface area (Å²) in [6.45, 7) is 0. The van der Waals surface area contributed by atoms with Gasteiger partial charge in [0.25, 0.3) is 0 Å². The minimum Gasteiger partial charge on any atom is -0.207 e. The van der Waals surface area contributed by atoms with Crippen LogP contribution in [-0.2, 0) is 18.3 Å². The van der Waals surface area contributed by atoms with Crippen molar-refractivity contribution in [1.29, 1.82) is 0 Å². The molecule has 1 atom stereocenters. The minimum absolute atomic E-state index is 0.148. The number of halogens is 3. The van der Waals surface area contributed by atoms with Gasteiger partial charge in [0.2, 0.25) is 0 Å². The highest BCUT2D eigenvalue weighted by molar-refractivity contribution is 6.18. The molecule has 0 aromatic heterocycles. The van der Waals surface area contributed by atoms with Gasteiger partial charge in [-0.3, -0.25) is 0 Å². The summed E-state index contributed by atoms with van der Waals surface area (Å²) in [6.07, 6.45) is 3.18. The van der Waals surface area contributed by atoms with E-state index in [0.717, 1.165) is 24.8 Å². The lowest BCUT2D eigenvalue weighted by molar-refractivity contribution is 0.382. The average molecular weight is 307 g/mol. The smallest absolute Gasteiger partial charge is 0.129 e. The zero-order valence-corrected chi connectivity index (χ0v) is 12.5. The second-order valence-corrected chi connectivity index (χ2v) is 6.07. The van der Waals surface area contributed by atoms with E-state index in [-0.39, 0.29) is 11.0 Å². The van der Waals surface area contributed by atoms with Crippen LogP contribution in [0.4, 0.5) is 8.78 Å². The molecule has 0 amide bonds. The van der Waals surface area contributed by atoms with Crippen molar-refractivity contribution in [3.05, 3.63) is 70.8 Å². The Morgan fingerprint density at radius 3 is 2.43 bits per heavy atom. The van der Waals surface area contributed by atoms with Crippen LogP contribution in [0.25, 0.3) is 0 Å². The summed E-state index contributed by atoms with van der Waals surface area (Å²) in [6, 6.07) is 12.2. The summed E-state index contributed by atoms with van der Waals surface area (Å²) in [5, 5.41) is 0. The van der Waals surface area contributed by atoms with E-state index in [1.165, 1.54) is 23.8 Å². The van der Waals surface area contributed by atoms with E-state index in [2.05, 4.69) is 12.1 Å². The molecular weight excluding hydrogens is 290 g/mol. The average Bonchev–Trinajstić information content (AvgIpc) is 2.51. The first-order valence-electron chi connectivity index (χ1n) is 7.23. The van der Waals surface area contributed by atoms with Crippen molar-refractivity contribution in [2.24, 2.45) is 0 Å². The number of aryl methyl sites for hydroxylation is 1. The zero-order chi connectivity index (χ0) is 14.9. The van der Waals surface area contributed by atoms with Gasteiger partial charge in [-0.05, 0) is 48.9 Å². The van der Waals surface area contributed by atoms with E-state index in [4.69, 9.17) is 11.6 Å². The van der Waals surface area contributed by atoms with Crippen molar-refractivity contribution in [2.45, 2.75) is 31.1 Å². The minimum atomic E-state index is -0.484. The maximum absolute atomic E-state index is 14.0. The Hall–Kier alpha value is -1.41. The van der Waals surface area contributed by atoms with Crippen molar-refractivity contribution in [3.8, 4) is 0 Å². The van der Waals surface area contributed by atoms with Gasteiger partial charge < -0.3 is 0 Å². The van der Waals surface area contributed by atoms with E-state index >= 15 is 0 Å². The number of fused-ring (bicyclic) bond motifs is 1. The lowest BCUT2D eigenvalue weighted by Crippen LogP contribution is -2.35. The van der Waals surface area contributed by atoms with Crippen molar-refractivity contribution < 1.29 is 8.78 Å². The van der Waals surface area contributed by atoms with Gasteiger partial charge in [0, 0.05) is 16.9 Å². The highest BCUT2D eigenvalue weighted by Gasteiger charge is 2.37. The van der Waals surface area contributed by atoms with Crippen LogP contribution in [0.5, 0.6) is 0 Å². The Bertz CT molecular complexity index is 633. The van der Waals surface area contributed by atoms with E-state index in [9.17, 15) is 8.78 Å². The third-order valence-corrected chi connectivity index (χ3v) is 5.03. The molecule has 3 heteroatoms. The van der Waals surface area contributed by atoms with Gasteiger partial charge >= 0.3 is 0 Å². The first kappa shape index (κ1) is 14.5. The molecule has 21 heavy (non-hydrogen) atoms. The Kier molecular flexibility index (Phi) is 3.99. The highest BCUT2D eigenvalue weighted by Crippen LogP contribution is 2.41. The molecule has 0 aliphatic heterocycles. The molecule has 110 valence electrons. The van der Waals surface area contributed by atoms with E-state index < -0.39 is 11.6 Å². The molecule has 0 spiro atoms. The predicted molar refractivity (Wildman–Crippen MR) is 81.8 cm³/mol. The number of hydrogen-bond donors (Lipinski definition) is 0. The molecule has 3 rings (SSSR count). The van der Waals surface area contributed by atoms with Gasteiger partial charge in [-0.25, -0.2) is 8.78 Å². The van der Waals surface area contributed by atoms with Gasteiger partial charge in [-0.2, -0.15) is 0 Å². The van der Waals surface area contributed by atoms with Crippen molar-refractivity contribution in [2.75, 3.05) is 5.88 Å². The van der Waals surface area contributed by atoms with Gasteiger partial charge in [0.15, 0.2) is 0 Å². The maximum Gasteiger partial charge on any atom is 0.129 e. The van der Waals surface area contributed by atoms with Crippen LogP contribution in [-0.4, -0.2) is 5.88 Å². The summed E-state index contributed by atoms with van der Waals surface area (Å²) < 4.78 is 28.0. The molecule has 0 heterocycles. The first-order valence-corrected chi connectivity index (χ1v) is 7.77. The van der Waals surface area contributed by atoms with Gasteiger partial charge in [-0.15, -0.1) is 11.6 Å². The van der Waals surface area contributed by atoms with E-state index in [1.807, 2.05) is 12.1 Å². The molecule has 0 fully saturated rings. The van der Waals surface area contributed by atoms with Crippen molar-refractivity contribution >= 4 is 11.6 Å². The fourth-order valence-corrected chi connectivity index (χ4v) is 3.79. The molecule has 0 radical (unpaired) electrons. The zero-order valence-electron chi connectivity index (χ0n) is 11.7. The molecule has 0 nitrogen and oxygen atoms in total. The number of alkyl halides is 1. The summed E-state index contributed by atoms with van der Waals surface area (Å²) in [5.41, 5.74) is 2.17. The molecule has 2 aromatic carbocycles. The number of hydrogen-bond acceptors (Lipinski definition) is 0. The molecule has 0 bridgehead atoms. The van der Waals surface area contributed by atoms with E-state index in [0.29, 0.717) is 12.3 Å². The Morgan fingerprint density at radius 2 is 1.71 bits per heavy atom. The summed E-state index contributed by atoms with van der Waals surface area (Å²) >= 11 is 6.27. The monoisotopic (exact) mass is 306 g/mol. The number of rotatable bonds is 3. The third-order valence-electron chi connectivity index (χ3n) is 4.52. The summed E-state index contributed by atoms with van der Waals surface area (Å²) in [7, 11) is 0. The lowest BCUT2D eigenvalue weighted by Gasteiger charge is -2.38. The van der Waals surface area contributed by atoms with Crippen LogP contribution in [0.1, 0.15) is 29.5 Å². The van der Waals surface area contributed by atoms with Crippen molar-refractivity contribution in [1.82, 2.24) is 0 Å². The molecular formula is C18H17ClF2. The normalized spacial score (nSPS) is 21.1. The van der Waals surface area contributed by atoms with Gasteiger partial charge in [0.05, 0.1) is 0 Å². The standard InChI is InChI=1S/C18H17ClF2/c19-12-18(11-14-16(20)8-3-9-17(14)21)10-4-6-13-5-1-2-7-15(13)18/h1-3,5,7-9H,4,6,10-12H2. The fraction of sp³-hybridized carbons (Fsp3) is 0.333. The molecule has 0 saturated carbocycles. The Morgan fingerprint density at radius 1 is 1.00 bits per heavy atom. The van der Waals surface area contributed by atoms with Crippen LogP contribution in [0, 0.1) is 11.6 Å². The SMILES string of the molecule is Fc1cccc(F)c1CC1(CCl)CCCc2ccccc21. The van der Waals surface area contributed by atoms with Crippen LogP contribution in [0.3, 0.4) is 0 Å². The Balaban J connectivity index is 2.07. The van der Waals surface area contributed by atoms with Crippen LogP contribution in [0.15, 0.2) is 42.5 Å². The van der Waals surface area contributed by atoms with Crippen LogP contribution in [0.2, 0.25) is 0 Å². The Labute approximate surface area is 128 Å². The lowest BCUT2D eigenvalue weighted by atomic mass is 9.68. The first-order chi connectivity index (χ1) is 10.2. The largest absolute Gasteiger partial charge is 0.207 e. The van der Waals surface area contributed by atoms with Gasteiger partial charge in [0.1, 0.15) is 11.6 Å². The maximum atomic E-state index is 14.0. The summed E-state index contributed by atoms with van der Waals surface area (Å²) in [4.78, 5) is 0.